The summed E-state index contributed by atoms with van der Waals surface area (Å²) in [6.07, 6.45) is 1.44. The van der Waals surface area contributed by atoms with Crippen molar-refractivity contribution < 1.29 is 38.6 Å². The van der Waals surface area contributed by atoms with Gasteiger partial charge in [-0.3, -0.25) is 24.1 Å². The zero-order valence-electron chi connectivity index (χ0n) is 20.0. The van der Waals surface area contributed by atoms with E-state index in [4.69, 9.17) is 38.4 Å². The lowest BCUT2D eigenvalue weighted by Gasteiger charge is -2.51. The van der Waals surface area contributed by atoms with Crippen LogP contribution < -0.4 is 15.2 Å². The third-order valence-electron chi connectivity index (χ3n) is 8.07. The monoisotopic (exact) mass is 551 g/mol. The number of benzene rings is 1. The Morgan fingerprint density at radius 3 is 2.35 bits per heavy atom. The van der Waals surface area contributed by atoms with Crippen LogP contribution >= 0.6 is 23.2 Å². The molecule has 0 radical (unpaired) electrons. The molecule has 2 aliphatic heterocycles. The first-order valence-electron chi connectivity index (χ1n) is 11.4. The van der Waals surface area contributed by atoms with E-state index in [0.29, 0.717) is 10.5 Å². The van der Waals surface area contributed by atoms with Crippen molar-refractivity contribution in [1.82, 2.24) is 9.80 Å². The van der Waals surface area contributed by atoms with Crippen molar-refractivity contribution in [3.63, 3.8) is 0 Å². The van der Waals surface area contributed by atoms with Gasteiger partial charge in [0.05, 0.1) is 26.1 Å². The molecule has 4 aliphatic rings. The lowest BCUT2D eigenvalue weighted by molar-refractivity contribution is -0.139. The van der Waals surface area contributed by atoms with E-state index in [2.05, 4.69) is 0 Å². The maximum absolute atomic E-state index is 13.6. The van der Waals surface area contributed by atoms with E-state index >= 15 is 0 Å². The fourth-order valence-electron chi connectivity index (χ4n) is 6.44. The number of alkyl halides is 2. The molecule has 11 nitrogen and oxygen atoms in total. The summed E-state index contributed by atoms with van der Waals surface area (Å²) in [6, 6.07) is 1.57. The van der Waals surface area contributed by atoms with Gasteiger partial charge in [0.1, 0.15) is 17.2 Å². The molecule has 6 atom stereocenters. The molecule has 37 heavy (non-hydrogen) atoms. The number of methoxy groups -OCH3 is 2. The second-order valence-electron chi connectivity index (χ2n) is 9.61. The van der Waals surface area contributed by atoms with Crippen molar-refractivity contribution in [3.8, 4) is 17.2 Å². The molecule has 6 amide bonds. The second kappa shape index (κ2) is 8.09. The Kier molecular flexibility index (Phi) is 5.54. The number of primary amides is 1. The number of amides is 6. The fourth-order valence-corrected chi connectivity index (χ4v) is 7.45. The SMILES string of the molecule is COc1cc(O)c(C2C3=CCC4C(=O)N(C(N)=O)C(=O)C4C3CC3(Cl)C(=O)N(C)C(=O)C23Cl)c(OC)c1. The molecule has 2 heterocycles. The van der Waals surface area contributed by atoms with Crippen LogP contribution in [0.2, 0.25) is 0 Å². The lowest BCUT2D eigenvalue weighted by atomic mass is 9.56. The molecule has 3 fully saturated rings. The smallest absolute Gasteiger partial charge is 0.328 e. The fraction of sp³-hybridized carbons (Fsp3) is 0.458. The van der Waals surface area contributed by atoms with Crippen LogP contribution in [-0.2, 0) is 19.2 Å². The molecular formula is C24H23Cl2N3O8. The number of hydrogen-bond donors (Lipinski definition) is 2. The quantitative estimate of drug-likeness (QED) is 0.325. The summed E-state index contributed by atoms with van der Waals surface area (Å²) >= 11 is 14.1. The largest absolute Gasteiger partial charge is 0.507 e. The number of imide groups is 4. The molecule has 3 N–H and O–H groups in total. The highest BCUT2D eigenvalue weighted by atomic mass is 35.5. The normalized spacial score (nSPS) is 34.7. The molecule has 2 aliphatic carbocycles. The number of allylic oxidation sites excluding steroid dienone is 2. The average Bonchev–Trinajstić information content (AvgIpc) is 3.19. The minimum absolute atomic E-state index is 0.0425. The van der Waals surface area contributed by atoms with Crippen LogP contribution in [0.1, 0.15) is 24.3 Å². The number of aromatic hydroxyl groups is 1. The average molecular weight is 552 g/mol. The van der Waals surface area contributed by atoms with E-state index in [1.54, 1.807) is 6.08 Å². The number of rotatable bonds is 3. The van der Waals surface area contributed by atoms with Crippen molar-refractivity contribution >= 4 is 52.9 Å². The number of fused-ring (bicyclic) bond motifs is 4. The van der Waals surface area contributed by atoms with Gasteiger partial charge >= 0.3 is 6.03 Å². The first-order valence-corrected chi connectivity index (χ1v) is 12.1. The number of phenols is 1. The van der Waals surface area contributed by atoms with Gasteiger partial charge < -0.3 is 20.3 Å². The van der Waals surface area contributed by atoms with Gasteiger partial charge in [-0.05, 0) is 18.8 Å². The first kappa shape index (κ1) is 25.3. The van der Waals surface area contributed by atoms with E-state index in [-0.39, 0.29) is 35.7 Å². The molecular weight excluding hydrogens is 529 g/mol. The summed E-state index contributed by atoms with van der Waals surface area (Å²) in [7, 11) is 3.98. The van der Waals surface area contributed by atoms with E-state index in [0.717, 1.165) is 4.90 Å². The van der Waals surface area contributed by atoms with Crippen molar-refractivity contribution in [2.24, 2.45) is 23.5 Å². The van der Waals surface area contributed by atoms with Gasteiger partial charge in [-0.1, -0.05) is 11.6 Å². The summed E-state index contributed by atoms with van der Waals surface area (Å²) in [6.45, 7) is 0. The van der Waals surface area contributed by atoms with Crippen LogP contribution in [0.4, 0.5) is 4.79 Å². The minimum Gasteiger partial charge on any atom is -0.507 e. The maximum atomic E-state index is 13.6. The number of ether oxygens (including phenoxy) is 2. The number of likely N-dealkylation sites (tertiary alicyclic amines) is 2. The van der Waals surface area contributed by atoms with Crippen LogP contribution in [0, 0.1) is 17.8 Å². The van der Waals surface area contributed by atoms with E-state index < -0.39 is 63.1 Å². The Bertz CT molecular complexity index is 1330. The third-order valence-corrected chi connectivity index (χ3v) is 9.49. The van der Waals surface area contributed by atoms with Gasteiger partial charge in [0, 0.05) is 30.7 Å². The number of carbonyl (C=O) groups is 5. The predicted octanol–water partition coefficient (Wildman–Crippen LogP) is 1.48. The molecule has 5 rings (SSSR count). The van der Waals surface area contributed by atoms with E-state index in [1.807, 2.05) is 0 Å². The van der Waals surface area contributed by atoms with Crippen LogP contribution in [0.25, 0.3) is 0 Å². The molecule has 0 spiro atoms. The van der Waals surface area contributed by atoms with E-state index in [9.17, 15) is 29.1 Å². The third kappa shape index (κ3) is 2.98. The molecule has 196 valence electrons. The highest BCUT2D eigenvalue weighted by Crippen LogP contribution is 2.67. The highest BCUT2D eigenvalue weighted by molar-refractivity contribution is 6.53. The molecule has 6 unspecified atom stereocenters. The van der Waals surface area contributed by atoms with Gasteiger partial charge in [-0.15, -0.1) is 23.2 Å². The summed E-state index contributed by atoms with van der Waals surface area (Å²) in [4.78, 5) is 62.2. The van der Waals surface area contributed by atoms with Crippen molar-refractivity contribution in [2.75, 3.05) is 21.3 Å². The highest BCUT2D eigenvalue weighted by Gasteiger charge is 2.76. The summed E-state index contributed by atoms with van der Waals surface area (Å²) in [5, 5.41) is 11.1. The predicted molar refractivity (Wildman–Crippen MR) is 128 cm³/mol. The van der Waals surface area contributed by atoms with Crippen LogP contribution in [-0.4, -0.2) is 75.6 Å². The molecule has 0 aromatic heterocycles. The number of nitrogens with two attached hydrogens (primary N) is 1. The zero-order chi connectivity index (χ0) is 27.2. The summed E-state index contributed by atoms with van der Waals surface area (Å²) in [5.41, 5.74) is 5.80. The first-order chi connectivity index (χ1) is 17.3. The van der Waals surface area contributed by atoms with Gasteiger partial charge in [0.15, 0.2) is 9.75 Å². The Labute approximate surface area is 221 Å². The molecule has 2 saturated heterocycles. The van der Waals surface area contributed by atoms with Gasteiger partial charge in [-0.25, -0.2) is 4.79 Å². The van der Waals surface area contributed by atoms with Crippen molar-refractivity contribution in [1.29, 1.82) is 0 Å². The summed E-state index contributed by atoms with van der Waals surface area (Å²) < 4.78 is 10.7. The van der Waals surface area contributed by atoms with Crippen LogP contribution in [0.5, 0.6) is 17.2 Å². The number of carbonyl (C=O) groups excluding carboxylic acids is 5. The van der Waals surface area contributed by atoms with Crippen molar-refractivity contribution in [2.45, 2.75) is 28.5 Å². The Balaban J connectivity index is 1.79. The maximum Gasteiger partial charge on any atom is 0.328 e. The Morgan fingerprint density at radius 2 is 1.76 bits per heavy atom. The van der Waals surface area contributed by atoms with Crippen molar-refractivity contribution in [3.05, 3.63) is 29.3 Å². The van der Waals surface area contributed by atoms with Gasteiger partial charge in [0.2, 0.25) is 11.8 Å². The number of halogens is 2. The number of nitrogens with zero attached hydrogens (tertiary/aromatic N) is 2. The van der Waals surface area contributed by atoms with Gasteiger partial charge in [0.25, 0.3) is 11.8 Å². The second-order valence-corrected chi connectivity index (χ2v) is 10.9. The Hall–Kier alpha value is -3.31. The molecule has 1 saturated carbocycles. The molecule has 1 aromatic rings. The van der Waals surface area contributed by atoms with Crippen LogP contribution in [0.15, 0.2) is 23.8 Å². The Morgan fingerprint density at radius 1 is 1.08 bits per heavy atom. The zero-order valence-corrected chi connectivity index (χ0v) is 21.5. The number of hydrogen-bond acceptors (Lipinski definition) is 8. The topological polar surface area (TPSA) is 157 Å². The minimum atomic E-state index is -2.11. The van der Waals surface area contributed by atoms with E-state index in [1.165, 1.54) is 33.4 Å². The lowest BCUT2D eigenvalue weighted by Crippen LogP contribution is -2.60. The standard InChI is InChI=1S/C24H23Cl2N3O8/c1-28-20(33)23(25)8-12-10(4-5-11-15(12)19(32)29(18(11)31)22(27)35)17(24(23,26)21(28)34)16-13(30)6-9(36-2)7-14(16)37-3/h4,6-7,11-12,15,17,30H,5,8H2,1-3H3,(H2,27,35). The number of urea groups is 1. The number of phenolic OH excluding ortho intramolecular Hbond substituents is 1. The van der Waals surface area contributed by atoms with Crippen LogP contribution in [0.3, 0.4) is 0 Å². The molecule has 1 aromatic carbocycles. The van der Waals surface area contributed by atoms with Gasteiger partial charge in [-0.2, -0.15) is 4.90 Å². The molecule has 0 bridgehead atoms. The summed E-state index contributed by atoms with van der Waals surface area (Å²) in [5.74, 6) is -7.19. The molecule has 13 heteroatoms.